The molecule has 2 rings (SSSR count). The Bertz CT molecular complexity index is 667. The first-order valence-electron chi connectivity index (χ1n) is 8.40. The molecule has 0 radical (unpaired) electrons. The van der Waals surface area contributed by atoms with Gasteiger partial charge in [0.2, 0.25) is 11.8 Å². The molecule has 136 valence electrons. The zero-order valence-corrected chi connectivity index (χ0v) is 14.9. The van der Waals surface area contributed by atoms with Crippen LogP contribution in [-0.4, -0.2) is 34.8 Å². The van der Waals surface area contributed by atoms with Gasteiger partial charge in [-0.05, 0) is 24.1 Å². The maximum Gasteiger partial charge on any atom is 0.226 e. The van der Waals surface area contributed by atoms with Crippen molar-refractivity contribution >= 4 is 5.91 Å². The van der Waals surface area contributed by atoms with Gasteiger partial charge in [0.05, 0.1) is 13.2 Å². The number of carbonyl (C=O) groups is 1. The lowest BCUT2D eigenvalue weighted by molar-refractivity contribution is -0.121. The smallest absolute Gasteiger partial charge is 0.226 e. The number of hydrogen-bond donors (Lipinski definition) is 2. The zero-order chi connectivity index (χ0) is 18.2. The lowest BCUT2D eigenvalue weighted by atomic mass is 10.1. The fourth-order valence-electron chi connectivity index (χ4n) is 2.25. The maximum absolute atomic E-state index is 11.9. The molecule has 1 aromatic carbocycles. The fourth-order valence-corrected chi connectivity index (χ4v) is 2.25. The number of nitrogens with zero attached hydrogens (tertiary/aromatic N) is 2. The molecule has 0 bridgehead atoms. The summed E-state index contributed by atoms with van der Waals surface area (Å²) in [6.07, 6.45) is 0.770. The van der Waals surface area contributed by atoms with E-state index in [1.54, 1.807) is 31.4 Å². The molecule has 2 aromatic rings. The Morgan fingerprint density at radius 3 is 2.64 bits per heavy atom. The first kappa shape index (κ1) is 18.9. The van der Waals surface area contributed by atoms with Crippen molar-refractivity contribution in [1.82, 2.24) is 15.5 Å². The van der Waals surface area contributed by atoms with Gasteiger partial charge in [0.1, 0.15) is 5.75 Å². The second-order valence-electron chi connectivity index (χ2n) is 6.15. The fraction of sp³-hybridized carbons (Fsp3) is 0.500. The molecule has 1 amide bonds. The van der Waals surface area contributed by atoms with Crippen molar-refractivity contribution in [3.8, 4) is 5.75 Å². The van der Waals surface area contributed by atoms with Crippen molar-refractivity contribution < 1.29 is 19.2 Å². The van der Waals surface area contributed by atoms with E-state index in [9.17, 15) is 9.90 Å². The average Bonchev–Trinajstić information content (AvgIpc) is 3.09. The predicted molar refractivity (Wildman–Crippen MR) is 92.3 cm³/mol. The number of aliphatic hydroxyl groups excluding tert-OH is 1. The van der Waals surface area contributed by atoms with Crippen LogP contribution in [0.5, 0.6) is 5.75 Å². The van der Waals surface area contributed by atoms with E-state index in [1.807, 2.05) is 13.8 Å². The maximum atomic E-state index is 11.9. The number of rotatable bonds is 9. The number of aliphatic hydroxyl groups is 1. The van der Waals surface area contributed by atoms with E-state index in [0.717, 1.165) is 11.3 Å². The summed E-state index contributed by atoms with van der Waals surface area (Å²) in [7, 11) is 1.59. The summed E-state index contributed by atoms with van der Waals surface area (Å²) in [5.41, 5.74) is 0.730. The third-order valence-electron chi connectivity index (χ3n) is 3.79. The zero-order valence-electron chi connectivity index (χ0n) is 14.9. The molecular weight excluding hydrogens is 322 g/mol. The van der Waals surface area contributed by atoms with Gasteiger partial charge in [-0.3, -0.25) is 4.79 Å². The number of benzene rings is 1. The Labute approximate surface area is 147 Å². The minimum Gasteiger partial charge on any atom is -0.497 e. The Balaban J connectivity index is 1.68. The van der Waals surface area contributed by atoms with Gasteiger partial charge in [-0.1, -0.05) is 31.1 Å². The van der Waals surface area contributed by atoms with Crippen molar-refractivity contribution in [2.24, 2.45) is 0 Å². The van der Waals surface area contributed by atoms with E-state index in [-0.39, 0.29) is 18.4 Å². The Hall–Kier alpha value is -2.41. The number of hydrogen-bond acceptors (Lipinski definition) is 6. The summed E-state index contributed by atoms with van der Waals surface area (Å²) in [6, 6.07) is 7.10. The van der Waals surface area contributed by atoms with Crippen molar-refractivity contribution in [1.29, 1.82) is 0 Å². The van der Waals surface area contributed by atoms with Gasteiger partial charge in [-0.2, -0.15) is 4.98 Å². The van der Waals surface area contributed by atoms with Gasteiger partial charge in [-0.25, -0.2) is 0 Å². The first-order chi connectivity index (χ1) is 12.0. The molecule has 0 aliphatic carbocycles. The van der Waals surface area contributed by atoms with Crippen LogP contribution in [0.25, 0.3) is 0 Å². The van der Waals surface area contributed by atoms with E-state index in [0.29, 0.717) is 31.0 Å². The van der Waals surface area contributed by atoms with E-state index in [1.165, 1.54) is 0 Å². The van der Waals surface area contributed by atoms with Crippen LogP contribution in [0.1, 0.15) is 56.0 Å². The number of aromatic nitrogens is 2. The number of ether oxygens (including phenoxy) is 1. The second kappa shape index (κ2) is 9.17. The summed E-state index contributed by atoms with van der Waals surface area (Å²) < 4.78 is 10.2. The molecule has 0 saturated heterocycles. The van der Waals surface area contributed by atoms with E-state index >= 15 is 0 Å². The highest BCUT2D eigenvalue weighted by molar-refractivity contribution is 5.75. The minimum absolute atomic E-state index is 0.115. The van der Waals surface area contributed by atoms with Gasteiger partial charge in [-0.15, -0.1) is 0 Å². The number of nitrogens with one attached hydrogen (secondary N) is 1. The van der Waals surface area contributed by atoms with Gasteiger partial charge >= 0.3 is 0 Å². The Morgan fingerprint density at radius 1 is 1.32 bits per heavy atom. The third kappa shape index (κ3) is 5.86. The molecular formula is C18H25N3O4. The van der Waals surface area contributed by atoms with Crippen LogP contribution in [0.4, 0.5) is 0 Å². The molecule has 1 aromatic heterocycles. The number of carbonyl (C=O) groups excluding carboxylic acids is 1. The lowest BCUT2D eigenvalue weighted by Gasteiger charge is -2.12. The standard InChI is InChI=1S/C18H25N3O4/c1-12(2)18-20-17(25-21-18)6-4-5-16(23)19-11-15(22)13-7-9-14(24-3)10-8-13/h7-10,12,15,22H,4-6,11H2,1-3H3,(H,19,23). The molecule has 0 aliphatic heterocycles. The molecule has 0 fully saturated rings. The van der Waals surface area contributed by atoms with Gasteiger partial charge < -0.3 is 19.7 Å². The summed E-state index contributed by atoms with van der Waals surface area (Å²) >= 11 is 0. The monoisotopic (exact) mass is 347 g/mol. The van der Waals surface area contributed by atoms with Gasteiger partial charge in [0.15, 0.2) is 5.82 Å². The highest BCUT2D eigenvalue weighted by Crippen LogP contribution is 2.17. The normalized spacial score (nSPS) is 12.2. The predicted octanol–water partition coefficient (Wildman–Crippen LogP) is 2.37. The van der Waals surface area contributed by atoms with E-state index in [4.69, 9.17) is 9.26 Å². The molecule has 7 nitrogen and oxygen atoms in total. The van der Waals surface area contributed by atoms with Crippen LogP contribution in [0, 0.1) is 0 Å². The van der Waals surface area contributed by atoms with Crippen LogP contribution < -0.4 is 10.1 Å². The van der Waals surface area contributed by atoms with Crippen molar-refractivity contribution in [2.45, 2.75) is 45.1 Å². The quantitative estimate of drug-likeness (QED) is 0.723. The largest absolute Gasteiger partial charge is 0.497 e. The van der Waals surface area contributed by atoms with Crippen molar-refractivity contribution in [3.05, 3.63) is 41.5 Å². The number of methoxy groups -OCH3 is 1. The Morgan fingerprint density at radius 2 is 2.04 bits per heavy atom. The van der Waals surface area contributed by atoms with Crippen LogP contribution in [-0.2, 0) is 11.2 Å². The molecule has 0 spiro atoms. The molecule has 0 saturated carbocycles. The number of amides is 1. The summed E-state index contributed by atoms with van der Waals surface area (Å²) in [5, 5.41) is 16.7. The molecule has 25 heavy (non-hydrogen) atoms. The highest BCUT2D eigenvalue weighted by atomic mass is 16.5. The third-order valence-corrected chi connectivity index (χ3v) is 3.79. The van der Waals surface area contributed by atoms with E-state index in [2.05, 4.69) is 15.5 Å². The van der Waals surface area contributed by atoms with Crippen LogP contribution in [0.15, 0.2) is 28.8 Å². The van der Waals surface area contributed by atoms with E-state index < -0.39 is 6.10 Å². The van der Waals surface area contributed by atoms with Crippen LogP contribution in [0.3, 0.4) is 0 Å². The SMILES string of the molecule is COc1ccc(C(O)CNC(=O)CCCc2nc(C(C)C)no2)cc1. The van der Waals surface area contributed by atoms with Crippen LogP contribution >= 0.6 is 0 Å². The topological polar surface area (TPSA) is 97.5 Å². The molecule has 7 heteroatoms. The van der Waals surface area contributed by atoms with Crippen molar-refractivity contribution in [2.75, 3.05) is 13.7 Å². The minimum atomic E-state index is -0.751. The molecule has 1 unspecified atom stereocenters. The molecule has 0 aliphatic rings. The van der Waals surface area contributed by atoms with Crippen molar-refractivity contribution in [3.63, 3.8) is 0 Å². The second-order valence-corrected chi connectivity index (χ2v) is 6.15. The summed E-state index contributed by atoms with van der Waals surface area (Å²) in [5.74, 6) is 2.06. The molecule has 1 heterocycles. The Kier molecular flexibility index (Phi) is 6.94. The summed E-state index contributed by atoms with van der Waals surface area (Å²) in [6.45, 7) is 4.16. The van der Waals surface area contributed by atoms with Gasteiger partial charge in [0, 0.05) is 25.3 Å². The summed E-state index contributed by atoms with van der Waals surface area (Å²) in [4.78, 5) is 16.1. The molecule has 1 atom stereocenters. The first-order valence-corrected chi connectivity index (χ1v) is 8.40. The highest BCUT2D eigenvalue weighted by Gasteiger charge is 2.12. The van der Waals surface area contributed by atoms with Crippen LogP contribution in [0.2, 0.25) is 0 Å². The molecule has 2 N–H and O–H groups in total. The average molecular weight is 347 g/mol. The number of aryl methyl sites for hydroxylation is 1. The van der Waals surface area contributed by atoms with Gasteiger partial charge in [0.25, 0.3) is 0 Å². The lowest BCUT2D eigenvalue weighted by Crippen LogP contribution is -2.28.